The molecular weight excluding hydrogens is 278 g/mol. The summed E-state index contributed by atoms with van der Waals surface area (Å²) >= 11 is 0. The van der Waals surface area contributed by atoms with Crippen molar-refractivity contribution in [1.29, 1.82) is 0 Å². The first kappa shape index (κ1) is 18.7. The fraction of sp³-hybridized carbons (Fsp3) is 0.429. The fourth-order valence-electron chi connectivity index (χ4n) is 1.46. The van der Waals surface area contributed by atoms with E-state index in [4.69, 9.17) is 25.1 Å². The van der Waals surface area contributed by atoms with Crippen LogP contribution in [0, 0.1) is 0 Å². The highest BCUT2D eigenvalue weighted by atomic mass is 16.5. The second-order valence-corrected chi connectivity index (χ2v) is 4.02. The van der Waals surface area contributed by atoms with Crippen LogP contribution in [0.15, 0.2) is 18.2 Å². The lowest BCUT2D eigenvalue weighted by atomic mass is 10.0. The SMILES string of the molecule is CC(=O)O.COC(=O)CC(N)c1ccc(OC)c(OC)c1. The van der Waals surface area contributed by atoms with Crippen molar-refractivity contribution in [2.24, 2.45) is 5.73 Å². The Balaban J connectivity index is 0.000000885. The van der Waals surface area contributed by atoms with Crippen molar-refractivity contribution in [2.75, 3.05) is 21.3 Å². The molecule has 0 heterocycles. The van der Waals surface area contributed by atoms with E-state index in [1.54, 1.807) is 32.4 Å². The second-order valence-electron chi connectivity index (χ2n) is 4.02. The molecule has 0 saturated heterocycles. The summed E-state index contributed by atoms with van der Waals surface area (Å²) in [4.78, 5) is 20.1. The summed E-state index contributed by atoms with van der Waals surface area (Å²) in [5.74, 6) is 0.0409. The molecule has 118 valence electrons. The van der Waals surface area contributed by atoms with Gasteiger partial charge in [0.2, 0.25) is 0 Å². The minimum absolute atomic E-state index is 0.131. The average molecular weight is 299 g/mol. The number of carboxylic acid groups (broad SMARTS) is 1. The molecule has 21 heavy (non-hydrogen) atoms. The Morgan fingerprint density at radius 2 is 1.71 bits per heavy atom. The van der Waals surface area contributed by atoms with Crippen LogP contribution in [-0.4, -0.2) is 38.4 Å². The number of aliphatic carboxylic acids is 1. The van der Waals surface area contributed by atoms with Crippen LogP contribution in [0.25, 0.3) is 0 Å². The predicted octanol–water partition coefficient (Wildman–Crippen LogP) is 1.36. The van der Waals surface area contributed by atoms with Gasteiger partial charge in [-0.1, -0.05) is 6.07 Å². The lowest BCUT2D eigenvalue weighted by Crippen LogP contribution is -2.16. The molecule has 1 rings (SSSR count). The van der Waals surface area contributed by atoms with Gasteiger partial charge in [-0.15, -0.1) is 0 Å². The molecule has 7 heteroatoms. The Labute approximate surface area is 123 Å². The average Bonchev–Trinajstić information content (AvgIpc) is 2.45. The van der Waals surface area contributed by atoms with Gasteiger partial charge in [0.15, 0.2) is 11.5 Å². The number of hydrogen-bond acceptors (Lipinski definition) is 6. The van der Waals surface area contributed by atoms with Gasteiger partial charge >= 0.3 is 5.97 Å². The van der Waals surface area contributed by atoms with E-state index in [1.165, 1.54) is 7.11 Å². The monoisotopic (exact) mass is 299 g/mol. The van der Waals surface area contributed by atoms with Gasteiger partial charge in [-0.05, 0) is 17.7 Å². The normalized spacial score (nSPS) is 10.7. The maximum Gasteiger partial charge on any atom is 0.307 e. The number of carbonyl (C=O) groups is 2. The van der Waals surface area contributed by atoms with Crippen molar-refractivity contribution >= 4 is 11.9 Å². The van der Waals surface area contributed by atoms with Crippen LogP contribution in [0.1, 0.15) is 24.9 Å². The molecule has 0 aromatic heterocycles. The van der Waals surface area contributed by atoms with Gasteiger partial charge in [0, 0.05) is 13.0 Å². The summed E-state index contributed by atoms with van der Waals surface area (Å²) in [6.07, 6.45) is 0.131. The van der Waals surface area contributed by atoms with E-state index >= 15 is 0 Å². The summed E-state index contributed by atoms with van der Waals surface area (Å²) in [6, 6.07) is 4.90. The smallest absolute Gasteiger partial charge is 0.307 e. The Hall–Kier alpha value is -2.28. The van der Waals surface area contributed by atoms with Crippen molar-refractivity contribution in [2.45, 2.75) is 19.4 Å². The third kappa shape index (κ3) is 7.17. The molecule has 1 atom stereocenters. The van der Waals surface area contributed by atoms with Gasteiger partial charge in [0.05, 0.1) is 27.8 Å². The standard InChI is InChI=1S/C12H17NO4.C2H4O2/c1-15-10-5-4-8(6-11(10)16-2)9(13)7-12(14)17-3;1-2(3)4/h4-6,9H,7,13H2,1-3H3;1H3,(H,3,4). The van der Waals surface area contributed by atoms with Gasteiger partial charge in [-0.2, -0.15) is 0 Å². The van der Waals surface area contributed by atoms with E-state index < -0.39 is 12.0 Å². The number of methoxy groups -OCH3 is 3. The zero-order valence-electron chi connectivity index (χ0n) is 12.6. The zero-order chi connectivity index (χ0) is 16.4. The molecule has 0 aliphatic heterocycles. The van der Waals surface area contributed by atoms with Gasteiger partial charge in [0.1, 0.15) is 0 Å². The van der Waals surface area contributed by atoms with Gasteiger partial charge in [-0.25, -0.2) is 0 Å². The van der Waals surface area contributed by atoms with E-state index in [1.807, 2.05) is 0 Å². The Morgan fingerprint density at radius 3 is 2.14 bits per heavy atom. The zero-order valence-corrected chi connectivity index (χ0v) is 12.6. The third-order valence-corrected chi connectivity index (χ3v) is 2.45. The molecule has 1 aromatic rings. The van der Waals surface area contributed by atoms with Gasteiger partial charge < -0.3 is 25.1 Å². The maximum absolute atomic E-state index is 11.1. The van der Waals surface area contributed by atoms with Crippen LogP contribution in [0.5, 0.6) is 11.5 Å². The number of carboxylic acids is 1. The second kappa shape index (κ2) is 9.60. The van der Waals surface area contributed by atoms with E-state index in [0.717, 1.165) is 12.5 Å². The number of carbonyl (C=O) groups excluding carboxylic acids is 1. The van der Waals surface area contributed by atoms with Crippen LogP contribution in [0.4, 0.5) is 0 Å². The van der Waals surface area contributed by atoms with E-state index in [2.05, 4.69) is 4.74 Å². The summed E-state index contributed by atoms with van der Waals surface area (Å²) in [5, 5.41) is 7.42. The molecule has 0 radical (unpaired) electrons. The molecule has 0 fully saturated rings. The van der Waals surface area contributed by atoms with Crippen LogP contribution in [0.2, 0.25) is 0 Å². The lowest BCUT2D eigenvalue weighted by Gasteiger charge is -2.13. The number of hydrogen-bond donors (Lipinski definition) is 2. The molecule has 0 aliphatic carbocycles. The molecule has 3 N–H and O–H groups in total. The Bertz CT molecular complexity index is 471. The fourth-order valence-corrected chi connectivity index (χ4v) is 1.46. The number of ether oxygens (including phenoxy) is 3. The van der Waals surface area contributed by atoms with Crippen molar-refractivity contribution in [3.8, 4) is 11.5 Å². The first-order valence-corrected chi connectivity index (χ1v) is 6.09. The summed E-state index contributed by atoms with van der Waals surface area (Å²) in [5.41, 5.74) is 6.69. The number of benzene rings is 1. The summed E-state index contributed by atoms with van der Waals surface area (Å²) in [7, 11) is 4.45. The minimum atomic E-state index is -0.833. The van der Waals surface area contributed by atoms with Crippen molar-refractivity contribution in [1.82, 2.24) is 0 Å². The summed E-state index contributed by atoms with van der Waals surface area (Å²) in [6.45, 7) is 1.08. The van der Waals surface area contributed by atoms with Crippen LogP contribution in [0.3, 0.4) is 0 Å². The molecule has 1 unspecified atom stereocenters. The molecule has 0 saturated carbocycles. The van der Waals surface area contributed by atoms with Crippen molar-refractivity contribution < 1.29 is 28.9 Å². The lowest BCUT2D eigenvalue weighted by molar-refractivity contribution is -0.141. The van der Waals surface area contributed by atoms with Crippen molar-refractivity contribution in [3.05, 3.63) is 23.8 Å². The largest absolute Gasteiger partial charge is 0.493 e. The van der Waals surface area contributed by atoms with E-state index in [-0.39, 0.29) is 12.4 Å². The number of nitrogens with two attached hydrogens (primary N) is 1. The number of esters is 1. The first-order chi connectivity index (χ1) is 9.85. The highest BCUT2D eigenvalue weighted by Crippen LogP contribution is 2.30. The molecule has 0 aliphatic rings. The molecule has 7 nitrogen and oxygen atoms in total. The van der Waals surface area contributed by atoms with Gasteiger partial charge in [0.25, 0.3) is 5.97 Å². The minimum Gasteiger partial charge on any atom is -0.493 e. The topological polar surface area (TPSA) is 108 Å². The first-order valence-electron chi connectivity index (χ1n) is 6.09. The van der Waals surface area contributed by atoms with E-state index in [0.29, 0.717) is 11.5 Å². The highest BCUT2D eigenvalue weighted by molar-refractivity contribution is 5.70. The van der Waals surface area contributed by atoms with Gasteiger partial charge in [-0.3, -0.25) is 9.59 Å². The Morgan fingerprint density at radius 1 is 1.19 bits per heavy atom. The van der Waals surface area contributed by atoms with E-state index in [9.17, 15) is 4.79 Å². The molecule has 1 aromatic carbocycles. The van der Waals surface area contributed by atoms with Crippen LogP contribution >= 0.6 is 0 Å². The molecular formula is C14H21NO6. The molecule has 0 bridgehead atoms. The number of rotatable bonds is 5. The quantitative estimate of drug-likeness (QED) is 0.790. The highest BCUT2D eigenvalue weighted by Gasteiger charge is 2.14. The van der Waals surface area contributed by atoms with Crippen molar-refractivity contribution in [3.63, 3.8) is 0 Å². The molecule has 0 amide bonds. The Kier molecular flexibility index (Phi) is 8.55. The maximum atomic E-state index is 11.1. The predicted molar refractivity (Wildman–Crippen MR) is 76.4 cm³/mol. The molecule has 0 spiro atoms. The van der Waals surface area contributed by atoms with Crippen LogP contribution in [-0.2, 0) is 14.3 Å². The third-order valence-electron chi connectivity index (χ3n) is 2.45. The van der Waals surface area contributed by atoms with Crippen LogP contribution < -0.4 is 15.2 Å². The summed E-state index contributed by atoms with van der Waals surface area (Å²) < 4.78 is 14.8.